The van der Waals surface area contributed by atoms with E-state index < -0.39 is 17.0 Å². The minimum Gasteiger partial charge on any atom is -0.338 e. The van der Waals surface area contributed by atoms with Crippen LogP contribution in [0.25, 0.3) is 0 Å². The number of hydrogen-bond donors (Lipinski definition) is 0. The Hall–Kier alpha value is -2.28. The van der Waals surface area contributed by atoms with Crippen LogP contribution in [0, 0.1) is 11.6 Å². The number of piperazine rings is 1. The predicted molar refractivity (Wildman–Crippen MR) is 109 cm³/mol. The Balaban J connectivity index is 1.43. The zero-order valence-corrected chi connectivity index (χ0v) is 17.4. The fourth-order valence-corrected chi connectivity index (χ4v) is 4.42. The number of amides is 2. The highest BCUT2D eigenvalue weighted by Gasteiger charge is 2.48. The van der Waals surface area contributed by atoms with E-state index in [0.29, 0.717) is 26.2 Å². The molecular formula is C22H21BrF2N2O2. The van der Waals surface area contributed by atoms with Gasteiger partial charge in [-0.25, -0.2) is 8.78 Å². The van der Waals surface area contributed by atoms with Gasteiger partial charge in [-0.1, -0.05) is 34.5 Å². The van der Waals surface area contributed by atoms with Crippen LogP contribution >= 0.6 is 15.9 Å². The summed E-state index contributed by atoms with van der Waals surface area (Å²) in [6, 6.07) is 11.1. The van der Waals surface area contributed by atoms with Gasteiger partial charge < -0.3 is 9.80 Å². The van der Waals surface area contributed by atoms with Crippen molar-refractivity contribution < 1.29 is 18.4 Å². The van der Waals surface area contributed by atoms with Crippen molar-refractivity contribution in [2.24, 2.45) is 0 Å². The number of nitrogens with zero attached hydrogens (tertiary/aromatic N) is 2. The van der Waals surface area contributed by atoms with E-state index in [9.17, 15) is 18.4 Å². The molecule has 2 aromatic rings. The molecule has 7 heteroatoms. The highest BCUT2D eigenvalue weighted by molar-refractivity contribution is 9.10. The molecule has 4 rings (SSSR count). The highest BCUT2D eigenvalue weighted by Crippen LogP contribution is 2.45. The summed E-state index contributed by atoms with van der Waals surface area (Å²) < 4.78 is 27.5. The number of hydrogen-bond acceptors (Lipinski definition) is 2. The second-order valence-corrected chi connectivity index (χ2v) is 8.57. The third-order valence-corrected chi connectivity index (χ3v) is 6.56. The van der Waals surface area contributed by atoms with Crippen LogP contribution in [0.3, 0.4) is 0 Å². The van der Waals surface area contributed by atoms with Crippen LogP contribution < -0.4 is 0 Å². The minimum absolute atomic E-state index is 0.117. The average molecular weight is 463 g/mol. The molecule has 2 aliphatic rings. The van der Waals surface area contributed by atoms with E-state index in [1.807, 2.05) is 29.2 Å². The maximum Gasteiger partial charge on any atom is 0.254 e. The van der Waals surface area contributed by atoms with E-state index in [2.05, 4.69) is 15.9 Å². The van der Waals surface area contributed by atoms with Crippen molar-refractivity contribution in [3.8, 4) is 0 Å². The van der Waals surface area contributed by atoms with Crippen molar-refractivity contribution >= 4 is 27.7 Å². The van der Waals surface area contributed by atoms with Crippen molar-refractivity contribution in [2.45, 2.75) is 24.7 Å². The topological polar surface area (TPSA) is 40.6 Å². The molecular weight excluding hydrogens is 442 g/mol. The molecule has 0 radical (unpaired) electrons. The first-order valence-corrected chi connectivity index (χ1v) is 10.5. The standard InChI is InChI=1S/C22H21BrF2N2O2/c23-17-5-3-16(4-6-17)22(8-1-9-22)21(29)27-12-10-26(11-13-27)20(28)15-2-7-18(24)19(25)14-15/h2-7,14H,1,8-13H2. The Morgan fingerprint density at radius 3 is 2.03 bits per heavy atom. The summed E-state index contributed by atoms with van der Waals surface area (Å²) in [6.07, 6.45) is 2.69. The quantitative estimate of drug-likeness (QED) is 0.687. The Morgan fingerprint density at radius 2 is 1.48 bits per heavy atom. The van der Waals surface area contributed by atoms with Gasteiger partial charge in [-0.2, -0.15) is 0 Å². The Morgan fingerprint density at radius 1 is 0.862 bits per heavy atom. The van der Waals surface area contributed by atoms with Gasteiger partial charge in [0.25, 0.3) is 5.91 Å². The fourth-order valence-electron chi connectivity index (χ4n) is 4.15. The number of benzene rings is 2. The smallest absolute Gasteiger partial charge is 0.254 e. The summed E-state index contributed by atoms with van der Waals surface area (Å²) in [4.78, 5) is 29.3. The van der Waals surface area contributed by atoms with Crippen molar-refractivity contribution in [1.82, 2.24) is 9.80 Å². The minimum atomic E-state index is -1.04. The summed E-state index contributed by atoms with van der Waals surface area (Å²) >= 11 is 3.44. The molecule has 0 atom stereocenters. The van der Waals surface area contributed by atoms with Crippen LogP contribution in [0.15, 0.2) is 46.9 Å². The predicted octanol–water partition coefficient (Wildman–Crippen LogP) is 4.13. The van der Waals surface area contributed by atoms with E-state index >= 15 is 0 Å². The highest BCUT2D eigenvalue weighted by atomic mass is 79.9. The monoisotopic (exact) mass is 462 g/mol. The SMILES string of the molecule is O=C(c1ccc(F)c(F)c1)N1CCN(C(=O)C2(c3ccc(Br)cc3)CCC2)CC1. The van der Waals surface area contributed by atoms with E-state index in [0.717, 1.165) is 41.4 Å². The van der Waals surface area contributed by atoms with Crippen LogP contribution in [0.5, 0.6) is 0 Å². The van der Waals surface area contributed by atoms with Gasteiger partial charge in [-0.05, 0) is 48.7 Å². The van der Waals surface area contributed by atoms with Gasteiger partial charge in [0, 0.05) is 36.2 Å². The molecule has 2 amide bonds. The summed E-state index contributed by atoms with van der Waals surface area (Å²) in [6.45, 7) is 1.62. The molecule has 0 N–H and O–H groups in total. The van der Waals surface area contributed by atoms with Gasteiger partial charge in [0.15, 0.2) is 11.6 Å². The molecule has 29 heavy (non-hydrogen) atoms. The van der Waals surface area contributed by atoms with Gasteiger partial charge >= 0.3 is 0 Å². The number of carbonyl (C=O) groups is 2. The summed E-state index contributed by atoms with van der Waals surface area (Å²) in [5.74, 6) is -2.24. The van der Waals surface area contributed by atoms with Gasteiger partial charge in [0.1, 0.15) is 0 Å². The fraction of sp³-hybridized carbons (Fsp3) is 0.364. The van der Waals surface area contributed by atoms with Crippen LogP contribution in [0.2, 0.25) is 0 Å². The molecule has 1 aliphatic heterocycles. The molecule has 2 fully saturated rings. The molecule has 1 saturated carbocycles. The molecule has 0 spiro atoms. The van der Waals surface area contributed by atoms with Crippen LogP contribution in [0.4, 0.5) is 8.78 Å². The number of rotatable bonds is 3. The third kappa shape index (κ3) is 3.68. The Labute approximate surface area is 176 Å². The lowest BCUT2D eigenvalue weighted by Crippen LogP contribution is -2.57. The van der Waals surface area contributed by atoms with Gasteiger partial charge in [0.05, 0.1) is 5.41 Å². The van der Waals surface area contributed by atoms with Gasteiger partial charge in [-0.3, -0.25) is 9.59 Å². The molecule has 152 valence electrons. The van der Waals surface area contributed by atoms with Gasteiger partial charge in [-0.15, -0.1) is 0 Å². The first-order valence-electron chi connectivity index (χ1n) is 9.70. The second kappa shape index (κ2) is 7.86. The van der Waals surface area contributed by atoms with E-state index in [-0.39, 0.29) is 17.4 Å². The molecule has 1 heterocycles. The Bertz CT molecular complexity index is 936. The van der Waals surface area contributed by atoms with Crippen LogP contribution in [0.1, 0.15) is 35.2 Å². The first kappa shape index (κ1) is 20.0. The zero-order valence-electron chi connectivity index (χ0n) is 15.8. The average Bonchev–Trinajstić information content (AvgIpc) is 2.70. The van der Waals surface area contributed by atoms with Crippen molar-refractivity contribution in [1.29, 1.82) is 0 Å². The summed E-state index contributed by atoms with van der Waals surface area (Å²) in [5, 5.41) is 0. The molecule has 0 aromatic heterocycles. The largest absolute Gasteiger partial charge is 0.338 e. The number of halogens is 3. The molecule has 1 aliphatic carbocycles. The van der Waals surface area contributed by atoms with E-state index in [1.54, 1.807) is 4.90 Å². The zero-order chi connectivity index (χ0) is 20.6. The lowest BCUT2D eigenvalue weighted by molar-refractivity contribution is -0.142. The number of carbonyl (C=O) groups excluding carboxylic acids is 2. The lowest BCUT2D eigenvalue weighted by Gasteiger charge is -2.46. The second-order valence-electron chi connectivity index (χ2n) is 7.66. The Kier molecular flexibility index (Phi) is 5.42. The molecule has 0 bridgehead atoms. The summed E-state index contributed by atoms with van der Waals surface area (Å²) in [7, 11) is 0. The van der Waals surface area contributed by atoms with Crippen LogP contribution in [-0.2, 0) is 10.2 Å². The van der Waals surface area contributed by atoms with Gasteiger partial charge in [0.2, 0.25) is 5.91 Å². The van der Waals surface area contributed by atoms with E-state index in [1.165, 1.54) is 6.07 Å². The molecule has 1 saturated heterocycles. The molecule has 0 unspecified atom stereocenters. The lowest BCUT2D eigenvalue weighted by atomic mass is 9.63. The van der Waals surface area contributed by atoms with Crippen molar-refractivity contribution in [3.05, 3.63) is 69.7 Å². The van der Waals surface area contributed by atoms with Crippen LogP contribution in [-0.4, -0.2) is 47.8 Å². The third-order valence-electron chi connectivity index (χ3n) is 6.03. The van der Waals surface area contributed by atoms with Crippen molar-refractivity contribution in [2.75, 3.05) is 26.2 Å². The molecule has 2 aromatic carbocycles. The maximum absolute atomic E-state index is 13.4. The van der Waals surface area contributed by atoms with E-state index in [4.69, 9.17) is 0 Å². The molecule has 4 nitrogen and oxygen atoms in total. The normalized spacial score (nSPS) is 18.3. The summed E-state index contributed by atoms with van der Waals surface area (Å²) in [5.41, 5.74) is 0.693. The van der Waals surface area contributed by atoms with Crippen molar-refractivity contribution in [3.63, 3.8) is 0 Å². The maximum atomic E-state index is 13.4. The first-order chi connectivity index (χ1) is 13.9.